The summed E-state index contributed by atoms with van der Waals surface area (Å²) in [4.78, 5) is 118. The van der Waals surface area contributed by atoms with Gasteiger partial charge in [0.2, 0.25) is 16.3 Å². The van der Waals surface area contributed by atoms with E-state index >= 15 is 0 Å². The number of esters is 1. The Morgan fingerprint density at radius 3 is 1.19 bits per heavy atom. The number of benzene rings is 3. The van der Waals surface area contributed by atoms with Crippen LogP contribution in [0.4, 0.5) is 0 Å². The third-order valence-electron chi connectivity index (χ3n) is 16.1. The Labute approximate surface area is 504 Å². The minimum absolute atomic E-state index is 0.0857. The van der Waals surface area contributed by atoms with Gasteiger partial charge in [0.05, 0.1) is 57.8 Å². The number of carboxylic acid groups (broad SMARTS) is 2. The topological polar surface area (TPSA) is 294 Å². The Morgan fingerprint density at radius 2 is 0.830 bits per heavy atom. The van der Waals surface area contributed by atoms with Gasteiger partial charge in [-0.15, -0.1) is 0 Å². The monoisotopic (exact) mass is 1210 g/mol. The molecule has 0 bridgehead atoms. The molecule has 3 fully saturated rings. The van der Waals surface area contributed by atoms with E-state index in [4.69, 9.17) is 28.4 Å². The molecule has 3 unspecified atom stereocenters. The van der Waals surface area contributed by atoms with Gasteiger partial charge >= 0.3 is 17.9 Å². The molecular weight excluding hydrogens is 1140 g/mol. The SMILES string of the molecule is CCCCOc1c2n(cc(C(=O)O)c1=O)[C@@H](Cc1ccccc1)C1OCCN1C2=O.CCCCOc1c2n(cc(C(=O)OCC)c1=O)[C@@H](Cc1ccccc1)C1OCCN1C2=O.O=C(O)c1cn2c(c(O)c1=O)C(=O)N1CCOC1[C@@H]2Cc1ccccc1. The van der Waals surface area contributed by atoms with Crippen molar-refractivity contribution in [2.24, 2.45) is 0 Å². The Bertz CT molecular complexity index is 3790. The highest BCUT2D eigenvalue weighted by molar-refractivity contribution is 6.00. The van der Waals surface area contributed by atoms with Gasteiger partial charge in [-0.1, -0.05) is 118 Å². The van der Waals surface area contributed by atoms with Crippen LogP contribution in [0, 0.1) is 0 Å². The van der Waals surface area contributed by atoms with Crippen LogP contribution in [0.15, 0.2) is 124 Å². The first kappa shape index (κ1) is 61.7. The van der Waals surface area contributed by atoms with E-state index in [0.717, 1.165) is 42.1 Å². The van der Waals surface area contributed by atoms with Crippen molar-refractivity contribution in [2.75, 3.05) is 59.3 Å². The van der Waals surface area contributed by atoms with Crippen molar-refractivity contribution < 1.29 is 72.5 Å². The van der Waals surface area contributed by atoms with Crippen LogP contribution in [0.3, 0.4) is 0 Å². The van der Waals surface area contributed by atoms with E-state index in [-0.39, 0.29) is 77.9 Å². The van der Waals surface area contributed by atoms with Crippen molar-refractivity contribution in [1.82, 2.24) is 28.4 Å². The summed E-state index contributed by atoms with van der Waals surface area (Å²) in [6.45, 7) is 8.66. The van der Waals surface area contributed by atoms with E-state index in [9.17, 15) is 58.5 Å². The molecule has 88 heavy (non-hydrogen) atoms. The largest absolute Gasteiger partial charge is 0.503 e. The quantitative estimate of drug-likeness (QED) is 0.0660. The first-order chi connectivity index (χ1) is 42.6. The number of aromatic carboxylic acids is 2. The summed E-state index contributed by atoms with van der Waals surface area (Å²) in [5.74, 6) is -5.87. The zero-order chi connectivity index (χ0) is 62.3. The lowest BCUT2D eigenvalue weighted by atomic mass is 9.99. The summed E-state index contributed by atoms with van der Waals surface area (Å²) in [5, 5.41) is 29.1. The maximum Gasteiger partial charge on any atom is 0.343 e. The van der Waals surface area contributed by atoms with Crippen molar-refractivity contribution in [2.45, 2.75) is 103 Å². The van der Waals surface area contributed by atoms with Gasteiger partial charge < -0.3 is 72.1 Å². The van der Waals surface area contributed by atoms with Gasteiger partial charge in [0.1, 0.15) is 16.7 Å². The molecule has 6 aromatic rings. The summed E-state index contributed by atoms with van der Waals surface area (Å²) in [6.07, 6.45) is 6.86. The first-order valence-corrected chi connectivity index (χ1v) is 29.4. The van der Waals surface area contributed by atoms with E-state index < -0.39 is 81.7 Å². The molecule has 6 aliphatic heterocycles. The highest BCUT2D eigenvalue weighted by atomic mass is 16.5. The average Bonchev–Trinajstić information content (AvgIpc) is 1.31. The summed E-state index contributed by atoms with van der Waals surface area (Å²) in [5.41, 5.74) is -0.469. The smallest absolute Gasteiger partial charge is 0.343 e. The van der Waals surface area contributed by atoms with E-state index in [1.807, 2.05) is 105 Å². The maximum absolute atomic E-state index is 13.4. The second-order valence-electron chi connectivity index (χ2n) is 21.7. The van der Waals surface area contributed by atoms with Crippen molar-refractivity contribution in [3.8, 4) is 17.2 Å². The fourth-order valence-corrected chi connectivity index (χ4v) is 11.9. The molecule has 24 nitrogen and oxygen atoms in total. The highest BCUT2D eigenvalue weighted by Crippen LogP contribution is 2.40. The third-order valence-corrected chi connectivity index (χ3v) is 16.1. The number of hydrogen-bond donors (Lipinski definition) is 3. The number of aromatic nitrogens is 3. The number of hydrogen-bond acceptors (Lipinski definition) is 16. The van der Waals surface area contributed by atoms with Gasteiger partial charge in [-0.05, 0) is 55.7 Å². The number of carbonyl (C=O) groups is 6. The number of fused-ring (bicyclic) bond motifs is 6. The predicted molar refractivity (Wildman–Crippen MR) is 314 cm³/mol. The van der Waals surface area contributed by atoms with Crippen LogP contribution >= 0.6 is 0 Å². The van der Waals surface area contributed by atoms with E-state index in [1.165, 1.54) is 21.9 Å². The average molecular weight is 1210 g/mol. The second-order valence-corrected chi connectivity index (χ2v) is 21.7. The Morgan fingerprint density at radius 1 is 0.489 bits per heavy atom. The summed E-state index contributed by atoms with van der Waals surface area (Å²) in [6, 6.07) is 27.8. The van der Waals surface area contributed by atoms with Crippen molar-refractivity contribution >= 4 is 35.6 Å². The number of ether oxygens (including phenoxy) is 6. The standard InChI is InChI=1S/C24H28N2O6.C22H24N2O6.C18H16N2O6/c1-3-5-12-31-21-19-22(28)25-11-13-32-23(25)18(14-16-9-7-6-8-10-16)26(19)15-17(20(21)27)24(29)30-4-2;1-2-3-10-29-19-17-20(26)23-9-11-30-21(23)16(12-14-7-5-4-6-8-14)24(17)13-15(18(19)25)22(27)28;21-14-11(18(24)25)9-20-12(8-10-4-2-1-3-5-10)17-19(6-7-26-17)16(23)13(20)15(14)22/h6-10,15,18,23H,3-5,11-14H2,1-2H3;4-8,13,16,21H,2-3,9-12H2,1H3,(H,27,28);1-5,9,12,17,22H,6-8H2,(H,24,25)/t18-,23?;16-,21?;12-,17?/m000/s1. The molecular formula is C64H68N6O18. The fraction of sp³-hybridized carbons (Fsp3) is 0.391. The number of rotatable bonds is 18. The van der Waals surface area contributed by atoms with Crippen LogP contribution in [0.2, 0.25) is 0 Å². The predicted octanol–water partition coefficient (Wildman–Crippen LogP) is 5.97. The second kappa shape index (κ2) is 27.1. The minimum Gasteiger partial charge on any atom is -0.503 e. The minimum atomic E-state index is -1.46. The number of amides is 3. The van der Waals surface area contributed by atoms with Crippen molar-refractivity contribution in [1.29, 1.82) is 0 Å². The number of unbranched alkanes of at least 4 members (excludes halogenated alkanes) is 2. The molecule has 0 radical (unpaired) electrons. The maximum atomic E-state index is 13.4. The molecule has 0 aliphatic carbocycles. The lowest BCUT2D eigenvalue weighted by Gasteiger charge is -2.39. The van der Waals surface area contributed by atoms with Gasteiger partial charge in [0.15, 0.2) is 53.0 Å². The number of pyridine rings is 3. The van der Waals surface area contributed by atoms with Gasteiger partial charge in [0.25, 0.3) is 17.7 Å². The first-order valence-electron chi connectivity index (χ1n) is 29.4. The Kier molecular flexibility index (Phi) is 19.0. The van der Waals surface area contributed by atoms with Gasteiger partial charge in [-0.25, -0.2) is 14.4 Å². The van der Waals surface area contributed by atoms with E-state index in [0.29, 0.717) is 65.1 Å². The number of carboxylic acids is 2. The Hall–Kier alpha value is -9.39. The van der Waals surface area contributed by atoms with Crippen LogP contribution in [0.5, 0.6) is 17.2 Å². The molecule has 462 valence electrons. The van der Waals surface area contributed by atoms with E-state index in [1.54, 1.807) is 25.9 Å². The molecule has 3 amide bonds. The molecule has 0 spiro atoms. The molecule has 3 aromatic heterocycles. The van der Waals surface area contributed by atoms with Crippen LogP contribution < -0.4 is 25.8 Å². The van der Waals surface area contributed by atoms with Crippen LogP contribution in [-0.4, -0.2) is 157 Å². The third kappa shape index (κ3) is 12.2. The van der Waals surface area contributed by atoms with Crippen molar-refractivity contribution in [3.05, 3.63) is 191 Å². The normalized spacial score (nSPS) is 20.2. The molecule has 6 aliphatic rings. The Balaban J connectivity index is 0.000000147. The van der Waals surface area contributed by atoms with Crippen LogP contribution in [-0.2, 0) is 38.2 Å². The summed E-state index contributed by atoms with van der Waals surface area (Å²) in [7, 11) is 0. The number of carbonyl (C=O) groups excluding carboxylic acids is 4. The summed E-state index contributed by atoms with van der Waals surface area (Å²) < 4.78 is 38.8. The molecule has 3 aromatic carbocycles. The molecule has 24 heteroatoms. The summed E-state index contributed by atoms with van der Waals surface area (Å²) >= 11 is 0. The molecule has 6 atom stereocenters. The fourth-order valence-electron chi connectivity index (χ4n) is 11.9. The molecule has 12 rings (SSSR count). The zero-order valence-corrected chi connectivity index (χ0v) is 48.8. The van der Waals surface area contributed by atoms with Crippen molar-refractivity contribution in [3.63, 3.8) is 0 Å². The highest BCUT2D eigenvalue weighted by Gasteiger charge is 2.49. The van der Waals surface area contributed by atoms with Gasteiger partial charge in [-0.2, -0.15) is 0 Å². The lowest BCUT2D eigenvalue weighted by molar-refractivity contribution is -0.0156. The zero-order valence-electron chi connectivity index (χ0n) is 48.8. The number of aromatic hydroxyl groups is 1. The van der Waals surface area contributed by atoms with Gasteiger partial charge in [-0.3, -0.25) is 28.8 Å². The number of nitrogens with zero attached hydrogens (tertiary/aromatic N) is 6. The molecule has 0 saturated carbocycles. The molecule has 3 N–H and O–H groups in total. The van der Waals surface area contributed by atoms with Gasteiger partial charge in [0, 0.05) is 38.2 Å². The lowest BCUT2D eigenvalue weighted by Crippen LogP contribution is -2.50. The van der Waals surface area contributed by atoms with E-state index in [2.05, 4.69) is 0 Å². The van der Waals surface area contributed by atoms with Crippen LogP contribution in [0.25, 0.3) is 0 Å². The molecule has 3 saturated heterocycles. The molecule has 9 heterocycles. The van der Waals surface area contributed by atoms with Crippen LogP contribution in [0.1, 0.15) is 144 Å².